The minimum absolute atomic E-state index is 0.0158. The van der Waals surface area contributed by atoms with Crippen molar-refractivity contribution in [1.82, 2.24) is 14.8 Å². The fraction of sp³-hybridized carbons (Fsp3) is 0.241. The minimum atomic E-state index is -0.233. The number of nitrogens with zero attached hydrogens (tertiary/aromatic N) is 2. The van der Waals surface area contributed by atoms with Crippen LogP contribution in [0, 0.1) is 6.92 Å². The van der Waals surface area contributed by atoms with E-state index in [4.69, 9.17) is 4.74 Å². The van der Waals surface area contributed by atoms with Crippen LogP contribution in [0.25, 0.3) is 10.9 Å². The van der Waals surface area contributed by atoms with Crippen LogP contribution in [0.1, 0.15) is 21.6 Å². The Bertz CT molecular complexity index is 1270. The van der Waals surface area contributed by atoms with Gasteiger partial charge in [0, 0.05) is 36.1 Å². The maximum Gasteiger partial charge on any atom is 0.270 e. The molecule has 4 aromatic rings. The first kappa shape index (κ1) is 26.5. The van der Waals surface area contributed by atoms with Crippen molar-refractivity contribution in [2.24, 2.45) is 0 Å². The molecular weight excluding hydrogens is 454 g/mol. The Balaban J connectivity index is 0.000000444. The number of aromatic amines is 1. The molecule has 0 aliphatic rings. The number of methoxy groups -OCH3 is 1. The molecule has 7 heteroatoms. The zero-order chi connectivity index (χ0) is 25.9. The number of nitrogens with one attached hydrogen (secondary N) is 1. The van der Waals surface area contributed by atoms with Crippen molar-refractivity contribution in [3.63, 3.8) is 0 Å². The molecule has 2 N–H and O–H groups in total. The Morgan fingerprint density at radius 1 is 1.00 bits per heavy atom. The smallest absolute Gasteiger partial charge is 0.270 e. The topological polar surface area (TPSA) is 85.9 Å². The fourth-order valence-electron chi connectivity index (χ4n) is 3.73. The molecule has 3 aromatic carbocycles. The second-order valence-corrected chi connectivity index (χ2v) is 8.58. The summed E-state index contributed by atoms with van der Waals surface area (Å²) in [6.45, 7) is 3.59. The summed E-state index contributed by atoms with van der Waals surface area (Å²) in [6.07, 6.45) is 0.729. The number of phenols is 1. The fourth-order valence-corrected chi connectivity index (χ4v) is 3.73. The summed E-state index contributed by atoms with van der Waals surface area (Å²) in [7, 11) is 3.50. The second kappa shape index (κ2) is 13.1. The van der Waals surface area contributed by atoms with Gasteiger partial charge in [-0.1, -0.05) is 54.1 Å². The first-order valence-corrected chi connectivity index (χ1v) is 11.8. The number of likely N-dealkylation sites (N-methyl/N-ethyl adjacent to an activating group) is 1. The van der Waals surface area contributed by atoms with Gasteiger partial charge in [-0.05, 0) is 44.3 Å². The number of hydrogen-bond acceptors (Lipinski definition) is 5. The molecule has 0 aliphatic carbocycles. The van der Waals surface area contributed by atoms with Gasteiger partial charge in [0.2, 0.25) is 0 Å². The van der Waals surface area contributed by atoms with Crippen molar-refractivity contribution in [3.05, 3.63) is 95.7 Å². The van der Waals surface area contributed by atoms with E-state index in [0.717, 1.165) is 22.8 Å². The van der Waals surface area contributed by atoms with Gasteiger partial charge >= 0.3 is 0 Å². The van der Waals surface area contributed by atoms with Crippen LogP contribution in [0.5, 0.6) is 11.5 Å². The lowest BCUT2D eigenvalue weighted by Gasteiger charge is -2.24. The summed E-state index contributed by atoms with van der Waals surface area (Å²) < 4.78 is 5.22. The van der Waals surface area contributed by atoms with Crippen LogP contribution in [0.4, 0.5) is 0 Å². The van der Waals surface area contributed by atoms with E-state index in [0.29, 0.717) is 31.1 Å². The normalized spacial score (nSPS) is 10.6. The number of fused-ring (bicyclic) bond motifs is 1. The molecule has 1 amide bonds. The van der Waals surface area contributed by atoms with E-state index in [2.05, 4.69) is 24.0 Å². The van der Waals surface area contributed by atoms with E-state index >= 15 is 0 Å². The molecule has 0 saturated carbocycles. The second-order valence-electron chi connectivity index (χ2n) is 8.58. The van der Waals surface area contributed by atoms with Gasteiger partial charge in [0.1, 0.15) is 23.5 Å². The number of ether oxygens (including phenoxy) is 1. The highest BCUT2D eigenvalue weighted by Gasteiger charge is 2.18. The van der Waals surface area contributed by atoms with E-state index in [-0.39, 0.29) is 18.2 Å². The molecule has 0 aliphatic heterocycles. The molecule has 0 atom stereocenters. The number of aromatic hydroxyl groups is 1. The number of benzene rings is 3. The van der Waals surface area contributed by atoms with E-state index < -0.39 is 0 Å². The van der Waals surface area contributed by atoms with Crippen LogP contribution in [0.3, 0.4) is 0 Å². The molecule has 36 heavy (non-hydrogen) atoms. The Morgan fingerprint density at radius 3 is 2.36 bits per heavy atom. The van der Waals surface area contributed by atoms with Crippen molar-refractivity contribution in [1.29, 1.82) is 0 Å². The van der Waals surface area contributed by atoms with Crippen LogP contribution in [-0.4, -0.2) is 65.9 Å². The average Bonchev–Trinajstić information content (AvgIpc) is 3.32. The molecule has 1 aromatic heterocycles. The highest BCUT2D eigenvalue weighted by Crippen LogP contribution is 2.22. The maximum absolute atomic E-state index is 12.9. The van der Waals surface area contributed by atoms with E-state index in [1.165, 1.54) is 10.5 Å². The van der Waals surface area contributed by atoms with Gasteiger partial charge in [0.25, 0.3) is 5.91 Å². The first-order chi connectivity index (χ1) is 17.4. The van der Waals surface area contributed by atoms with Gasteiger partial charge in [0.05, 0.1) is 13.7 Å². The molecule has 0 radical (unpaired) electrons. The third kappa shape index (κ3) is 7.45. The SMILES string of the molecule is COc1ccc2[nH]c(C(=O)N(CC=O)CCN(C)Cc3ccccc3O)cc2c1.Cc1ccccc1. The number of aryl methyl sites for hydroxylation is 1. The lowest BCUT2D eigenvalue weighted by atomic mass is 10.2. The standard InChI is InChI=1S/C22H25N3O4.C7H8/c1-24(15-16-5-3-4-6-21(16)27)9-10-25(11-12-26)22(28)20-14-17-13-18(29-2)7-8-19(17)23-20;1-7-5-3-2-4-6-7/h3-8,12-14,23,27H,9-11,15H2,1-2H3;2-6H,1H3. The monoisotopic (exact) mass is 487 g/mol. The molecule has 0 unspecified atom stereocenters. The van der Waals surface area contributed by atoms with Gasteiger partial charge < -0.3 is 29.4 Å². The summed E-state index contributed by atoms with van der Waals surface area (Å²) in [5, 5.41) is 10.8. The summed E-state index contributed by atoms with van der Waals surface area (Å²) in [4.78, 5) is 30.7. The number of hydrogen-bond donors (Lipinski definition) is 2. The Hall–Kier alpha value is -4.10. The minimum Gasteiger partial charge on any atom is -0.508 e. The van der Waals surface area contributed by atoms with Crippen molar-refractivity contribution in [2.45, 2.75) is 13.5 Å². The van der Waals surface area contributed by atoms with E-state index in [9.17, 15) is 14.7 Å². The Labute approximate surface area is 211 Å². The van der Waals surface area contributed by atoms with Gasteiger partial charge in [0.15, 0.2) is 0 Å². The Kier molecular flexibility index (Phi) is 9.65. The lowest BCUT2D eigenvalue weighted by Crippen LogP contribution is -2.38. The van der Waals surface area contributed by atoms with Crippen molar-refractivity contribution >= 4 is 23.1 Å². The van der Waals surface area contributed by atoms with Gasteiger partial charge in [-0.3, -0.25) is 4.79 Å². The van der Waals surface area contributed by atoms with Crippen LogP contribution in [-0.2, 0) is 11.3 Å². The third-order valence-electron chi connectivity index (χ3n) is 5.76. The molecule has 4 rings (SSSR count). The summed E-state index contributed by atoms with van der Waals surface area (Å²) >= 11 is 0. The summed E-state index contributed by atoms with van der Waals surface area (Å²) in [6, 6.07) is 24.7. The third-order valence-corrected chi connectivity index (χ3v) is 5.76. The number of rotatable bonds is 9. The summed E-state index contributed by atoms with van der Waals surface area (Å²) in [5.41, 5.74) is 3.39. The van der Waals surface area contributed by atoms with E-state index in [1.807, 2.05) is 60.5 Å². The molecule has 188 valence electrons. The van der Waals surface area contributed by atoms with Crippen LogP contribution < -0.4 is 4.74 Å². The zero-order valence-electron chi connectivity index (χ0n) is 21.0. The lowest BCUT2D eigenvalue weighted by molar-refractivity contribution is -0.108. The largest absolute Gasteiger partial charge is 0.508 e. The van der Waals surface area contributed by atoms with Crippen LogP contribution in [0.2, 0.25) is 0 Å². The van der Waals surface area contributed by atoms with Gasteiger partial charge in [-0.2, -0.15) is 0 Å². The Morgan fingerprint density at radius 2 is 1.72 bits per heavy atom. The maximum atomic E-state index is 12.9. The number of carbonyl (C=O) groups excluding carboxylic acids is 2. The number of H-pyrrole nitrogens is 1. The molecule has 7 nitrogen and oxygen atoms in total. The van der Waals surface area contributed by atoms with Crippen LogP contribution in [0.15, 0.2) is 78.9 Å². The van der Waals surface area contributed by atoms with E-state index in [1.54, 1.807) is 25.3 Å². The van der Waals surface area contributed by atoms with Gasteiger partial charge in [-0.25, -0.2) is 0 Å². The first-order valence-electron chi connectivity index (χ1n) is 11.8. The predicted octanol–water partition coefficient (Wildman–Crippen LogP) is 4.65. The molecule has 0 fully saturated rings. The number of phenolic OH excluding ortho intramolecular Hbond substituents is 1. The predicted molar refractivity (Wildman–Crippen MR) is 142 cm³/mol. The molecule has 0 bridgehead atoms. The number of aromatic nitrogens is 1. The molecule has 1 heterocycles. The van der Waals surface area contributed by atoms with Crippen LogP contribution >= 0.6 is 0 Å². The van der Waals surface area contributed by atoms with Gasteiger partial charge in [-0.15, -0.1) is 0 Å². The average molecular weight is 488 g/mol. The number of aldehydes is 1. The summed E-state index contributed by atoms with van der Waals surface area (Å²) in [5.74, 6) is 0.725. The zero-order valence-corrected chi connectivity index (χ0v) is 21.0. The van der Waals surface area contributed by atoms with Crippen molar-refractivity contribution in [3.8, 4) is 11.5 Å². The number of amides is 1. The van der Waals surface area contributed by atoms with Crippen molar-refractivity contribution < 1.29 is 19.4 Å². The van der Waals surface area contributed by atoms with Crippen molar-refractivity contribution in [2.75, 3.05) is 33.8 Å². The highest BCUT2D eigenvalue weighted by atomic mass is 16.5. The number of para-hydroxylation sites is 1. The molecule has 0 saturated heterocycles. The quantitative estimate of drug-likeness (QED) is 0.336. The number of carbonyl (C=O) groups is 2. The molecule has 0 spiro atoms. The molecular formula is C29H33N3O4. The highest BCUT2D eigenvalue weighted by molar-refractivity contribution is 5.99.